The SMILES string of the molecule is Nc1c(Cl)cc2c3c(nsc13)-c1ccccc1C2=O. The first kappa shape index (κ1) is 11.0. The highest BCUT2D eigenvalue weighted by atomic mass is 35.5. The van der Waals surface area contributed by atoms with Crippen molar-refractivity contribution in [1.29, 1.82) is 0 Å². The van der Waals surface area contributed by atoms with Gasteiger partial charge >= 0.3 is 0 Å². The highest BCUT2D eigenvalue weighted by Crippen LogP contribution is 2.44. The molecule has 0 spiro atoms. The van der Waals surface area contributed by atoms with Crippen molar-refractivity contribution >= 4 is 44.7 Å². The molecule has 1 aromatic heterocycles. The van der Waals surface area contributed by atoms with Gasteiger partial charge in [0.25, 0.3) is 0 Å². The number of nitrogens with zero attached hydrogens (tertiary/aromatic N) is 1. The summed E-state index contributed by atoms with van der Waals surface area (Å²) in [6.45, 7) is 0. The van der Waals surface area contributed by atoms with Gasteiger partial charge in [0.05, 0.1) is 21.1 Å². The summed E-state index contributed by atoms with van der Waals surface area (Å²) in [5.74, 6) is -0.0183. The fraction of sp³-hybridized carbons (Fsp3) is 0. The molecule has 0 atom stereocenters. The average Bonchev–Trinajstić information content (AvgIpc) is 2.86. The van der Waals surface area contributed by atoms with Gasteiger partial charge in [0.1, 0.15) is 0 Å². The Morgan fingerprint density at radius 1 is 1.16 bits per heavy atom. The van der Waals surface area contributed by atoms with Crippen molar-refractivity contribution in [3.63, 3.8) is 0 Å². The van der Waals surface area contributed by atoms with E-state index in [4.69, 9.17) is 17.3 Å². The summed E-state index contributed by atoms with van der Waals surface area (Å²) in [6.07, 6.45) is 0. The number of hydrogen-bond acceptors (Lipinski definition) is 4. The zero-order valence-corrected chi connectivity index (χ0v) is 11.2. The summed E-state index contributed by atoms with van der Waals surface area (Å²) in [5, 5.41) is 1.24. The molecular weight excluding hydrogens is 280 g/mol. The van der Waals surface area contributed by atoms with Crippen molar-refractivity contribution in [2.24, 2.45) is 0 Å². The fourth-order valence-electron chi connectivity index (χ4n) is 2.50. The number of ketones is 1. The van der Waals surface area contributed by atoms with Crippen LogP contribution >= 0.6 is 23.1 Å². The lowest BCUT2D eigenvalue weighted by atomic mass is 9.87. The van der Waals surface area contributed by atoms with Crippen molar-refractivity contribution in [3.05, 3.63) is 46.5 Å². The Morgan fingerprint density at radius 3 is 2.68 bits per heavy atom. The van der Waals surface area contributed by atoms with Gasteiger partial charge in [-0.3, -0.25) is 4.79 Å². The summed E-state index contributed by atoms with van der Waals surface area (Å²) in [5.41, 5.74) is 9.43. The van der Waals surface area contributed by atoms with E-state index in [-0.39, 0.29) is 5.78 Å². The molecule has 0 amide bonds. The Balaban J connectivity index is 2.26. The van der Waals surface area contributed by atoms with Crippen LogP contribution in [0.5, 0.6) is 0 Å². The molecule has 0 saturated carbocycles. The molecule has 2 N–H and O–H groups in total. The molecule has 0 saturated heterocycles. The minimum atomic E-state index is -0.0183. The zero-order chi connectivity index (χ0) is 13.1. The second kappa shape index (κ2) is 3.56. The lowest BCUT2D eigenvalue weighted by Gasteiger charge is -2.15. The maximum Gasteiger partial charge on any atom is 0.194 e. The Labute approximate surface area is 117 Å². The van der Waals surface area contributed by atoms with Gasteiger partial charge in [0.2, 0.25) is 0 Å². The largest absolute Gasteiger partial charge is 0.396 e. The number of fused-ring (bicyclic) bond motifs is 2. The number of nitrogen functional groups attached to an aromatic ring is 1. The Hall–Kier alpha value is -1.91. The third-order valence-corrected chi connectivity index (χ3v) is 4.60. The van der Waals surface area contributed by atoms with E-state index >= 15 is 0 Å². The van der Waals surface area contributed by atoms with Crippen molar-refractivity contribution < 1.29 is 4.79 Å². The van der Waals surface area contributed by atoms with Gasteiger partial charge in [-0.1, -0.05) is 35.9 Å². The third kappa shape index (κ3) is 1.27. The van der Waals surface area contributed by atoms with Crippen LogP contribution in [0.25, 0.3) is 21.3 Å². The molecule has 92 valence electrons. The van der Waals surface area contributed by atoms with E-state index in [0.717, 1.165) is 21.3 Å². The molecule has 2 aromatic carbocycles. The van der Waals surface area contributed by atoms with Crippen molar-refractivity contribution in [1.82, 2.24) is 4.37 Å². The van der Waals surface area contributed by atoms with Crippen LogP contribution in [0.15, 0.2) is 30.3 Å². The molecule has 1 heterocycles. The van der Waals surface area contributed by atoms with E-state index < -0.39 is 0 Å². The Morgan fingerprint density at radius 2 is 1.89 bits per heavy atom. The molecule has 0 unspecified atom stereocenters. The predicted octanol–water partition coefficient (Wildman–Crippen LogP) is 3.74. The first-order valence-electron chi connectivity index (χ1n) is 5.70. The van der Waals surface area contributed by atoms with E-state index in [1.54, 1.807) is 6.07 Å². The van der Waals surface area contributed by atoms with E-state index in [1.807, 2.05) is 24.3 Å². The monoisotopic (exact) mass is 286 g/mol. The molecule has 1 aliphatic carbocycles. The van der Waals surface area contributed by atoms with Crippen molar-refractivity contribution in [3.8, 4) is 11.3 Å². The fourth-order valence-corrected chi connectivity index (χ4v) is 3.64. The van der Waals surface area contributed by atoms with Gasteiger partial charge in [-0.2, -0.15) is 4.37 Å². The minimum absolute atomic E-state index is 0.0183. The number of carbonyl (C=O) groups is 1. The van der Waals surface area contributed by atoms with Crippen molar-refractivity contribution in [2.75, 3.05) is 5.73 Å². The molecule has 0 bridgehead atoms. The van der Waals surface area contributed by atoms with Crippen LogP contribution in [0.3, 0.4) is 0 Å². The number of rotatable bonds is 0. The first-order chi connectivity index (χ1) is 9.18. The van der Waals surface area contributed by atoms with Gasteiger partial charge < -0.3 is 5.73 Å². The molecule has 3 aromatic rings. The number of aromatic nitrogens is 1. The topological polar surface area (TPSA) is 56.0 Å². The number of carbonyl (C=O) groups excluding carboxylic acids is 1. The zero-order valence-electron chi connectivity index (χ0n) is 9.61. The lowest BCUT2D eigenvalue weighted by molar-refractivity contribution is 0.104. The molecule has 5 heteroatoms. The van der Waals surface area contributed by atoms with Crippen LogP contribution < -0.4 is 5.73 Å². The highest BCUT2D eigenvalue weighted by Gasteiger charge is 2.28. The van der Waals surface area contributed by atoms with E-state index in [1.165, 1.54) is 11.5 Å². The quantitative estimate of drug-likeness (QED) is 0.501. The predicted molar refractivity (Wildman–Crippen MR) is 77.9 cm³/mol. The maximum absolute atomic E-state index is 12.5. The first-order valence-corrected chi connectivity index (χ1v) is 6.85. The molecule has 19 heavy (non-hydrogen) atoms. The average molecular weight is 287 g/mol. The summed E-state index contributed by atoms with van der Waals surface area (Å²) in [6, 6.07) is 9.13. The maximum atomic E-state index is 12.5. The van der Waals surface area contributed by atoms with E-state index in [0.29, 0.717) is 21.8 Å². The smallest absolute Gasteiger partial charge is 0.194 e. The summed E-state index contributed by atoms with van der Waals surface area (Å²) >= 11 is 7.39. The standard InChI is InChI=1S/C14H7ClN2OS/c15-9-5-8-10-12(17-19-14(10)11(9)16)6-3-1-2-4-7(6)13(8)18/h1-5H,16H2. The van der Waals surface area contributed by atoms with Gasteiger partial charge in [-0.15, -0.1) is 0 Å². The second-order valence-corrected chi connectivity index (χ2v) is 5.61. The number of nitrogens with two attached hydrogens (primary N) is 1. The molecule has 0 radical (unpaired) electrons. The number of hydrogen-bond donors (Lipinski definition) is 1. The summed E-state index contributed by atoms with van der Waals surface area (Å²) in [7, 11) is 0. The summed E-state index contributed by atoms with van der Waals surface area (Å²) < 4.78 is 5.25. The van der Waals surface area contributed by atoms with Crippen molar-refractivity contribution in [2.45, 2.75) is 0 Å². The van der Waals surface area contributed by atoms with Crippen LogP contribution in [0.4, 0.5) is 5.69 Å². The number of anilines is 1. The molecule has 3 nitrogen and oxygen atoms in total. The van der Waals surface area contributed by atoms with Crippen LogP contribution in [0.1, 0.15) is 15.9 Å². The Kier molecular flexibility index (Phi) is 2.05. The normalized spacial score (nSPS) is 12.8. The van der Waals surface area contributed by atoms with Gasteiger partial charge in [-0.05, 0) is 17.6 Å². The Bertz CT molecular complexity index is 869. The molecular formula is C14H7ClN2OS. The van der Waals surface area contributed by atoms with Crippen LogP contribution in [-0.4, -0.2) is 10.2 Å². The summed E-state index contributed by atoms with van der Waals surface area (Å²) in [4.78, 5) is 12.5. The molecule has 0 fully saturated rings. The highest BCUT2D eigenvalue weighted by molar-refractivity contribution is 7.14. The van der Waals surface area contributed by atoms with Crippen LogP contribution in [0, 0.1) is 0 Å². The van der Waals surface area contributed by atoms with Gasteiger partial charge in [-0.25, -0.2) is 0 Å². The van der Waals surface area contributed by atoms with E-state index in [2.05, 4.69) is 4.37 Å². The van der Waals surface area contributed by atoms with Gasteiger partial charge in [0, 0.05) is 22.1 Å². The number of benzene rings is 2. The second-order valence-electron chi connectivity index (χ2n) is 4.43. The van der Waals surface area contributed by atoms with Crippen LogP contribution in [0.2, 0.25) is 5.02 Å². The van der Waals surface area contributed by atoms with E-state index in [9.17, 15) is 4.79 Å². The number of halogens is 1. The molecule has 0 aliphatic heterocycles. The minimum Gasteiger partial charge on any atom is -0.396 e. The lowest BCUT2D eigenvalue weighted by Crippen LogP contribution is -2.09. The van der Waals surface area contributed by atoms with Crippen LogP contribution in [-0.2, 0) is 0 Å². The molecule has 4 rings (SSSR count). The molecule has 1 aliphatic rings. The van der Waals surface area contributed by atoms with Gasteiger partial charge in [0.15, 0.2) is 5.78 Å². The third-order valence-electron chi connectivity index (χ3n) is 3.41.